The van der Waals surface area contributed by atoms with Gasteiger partial charge in [0.1, 0.15) is 6.04 Å². The Labute approximate surface area is 129 Å². The lowest BCUT2D eigenvalue weighted by molar-refractivity contribution is -0.148. The van der Waals surface area contributed by atoms with Gasteiger partial charge in [0.2, 0.25) is 5.91 Å². The van der Waals surface area contributed by atoms with Crippen molar-refractivity contribution in [1.29, 1.82) is 0 Å². The fraction of sp³-hybridized carbons (Fsp3) is 0.500. The number of carboxylic acid groups (broad SMARTS) is 1. The van der Waals surface area contributed by atoms with Crippen LogP contribution < -0.4 is 0 Å². The van der Waals surface area contributed by atoms with Crippen molar-refractivity contribution in [3.63, 3.8) is 0 Å². The summed E-state index contributed by atoms with van der Waals surface area (Å²) in [7, 11) is 0. The van der Waals surface area contributed by atoms with E-state index in [1.807, 2.05) is 0 Å². The molecule has 0 aliphatic carbocycles. The second kappa shape index (κ2) is 6.98. The number of hydrogen-bond acceptors (Lipinski definition) is 3. The molecule has 1 aliphatic heterocycles. The third kappa shape index (κ3) is 4.00. The van der Waals surface area contributed by atoms with E-state index >= 15 is 0 Å². The fourth-order valence-electron chi connectivity index (χ4n) is 2.58. The Morgan fingerprint density at radius 3 is 2.86 bits per heavy atom. The van der Waals surface area contributed by atoms with Crippen LogP contribution in [0.1, 0.15) is 30.4 Å². The number of carbonyl (C=O) groups excluding carboxylic acids is 1. The summed E-state index contributed by atoms with van der Waals surface area (Å²) in [6.07, 6.45) is 1.75. The predicted octanol–water partition coefficient (Wildman–Crippen LogP) is 2.86. The Balaban J connectivity index is 1.87. The Bertz CT molecular complexity index is 544. The molecule has 0 saturated carbocycles. The SMILES string of the molecule is Cc1ccc(C)c(SCCC(=O)N2CCCC2C(=O)O)c1. The molecule has 1 atom stereocenters. The lowest BCUT2D eigenvalue weighted by Gasteiger charge is -2.21. The van der Waals surface area contributed by atoms with Gasteiger partial charge in [-0.15, -0.1) is 11.8 Å². The first-order valence-electron chi connectivity index (χ1n) is 7.21. The number of amides is 1. The third-order valence-electron chi connectivity index (χ3n) is 3.78. The van der Waals surface area contributed by atoms with Gasteiger partial charge < -0.3 is 10.0 Å². The lowest BCUT2D eigenvalue weighted by atomic mass is 10.2. The van der Waals surface area contributed by atoms with Crippen LogP contribution >= 0.6 is 11.8 Å². The first-order chi connectivity index (χ1) is 9.99. The molecule has 1 amide bonds. The Morgan fingerprint density at radius 1 is 1.38 bits per heavy atom. The predicted molar refractivity (Wildman–Crippen MR) is 83.6 cm³/mol. The zero-order valence-corrected chi connectivity index (χ0v) is 13.3. The van der Waals surface area contributed by atoms with Gasteiger partial charge in [-0.05, 0) is 38.3 Å². The van der Waals surface area contributed by atoms with Gasteiger partial charge in [-0.25, -0.2) is 4.79 Å². The first-order valence-corrected chi connectivity index (χ1v) is 8.20. The summed E-state index contributed by atoms with van der Waals surface area (Å²) in [5, 5.41) is 9.10. The van der Waals surface area contributed by atoms with Crippen LogP contribution in [0.25, 0.3) is 0 Å². The van der Waals surface area contributed by atoms with E-state index in [2.05, 4.69) is 32.0 Å². The number of rotatable bonds is 5. The van der Waals surface area contributed by atoms with E-state index in [1.165, 1.54) is 20.9 Å². The fourth-order valence-corrected chi connectivity index (χ4v) is 3.64. The Kier molecular flexibility index (Phi) is 5.28. The third-order valence-corrected chi connectivity index (χ3v) is 4.93. The molecule has 0 spiro atoms. The van der Waals surface area contributed by atoms with Crippen molar-refractivity contribution in [2.24, 2.45) is 0 Å². The van der Waals surface area contributed by atoms with Gasteiger partial charge in [-0.3, -0.25) is 4.79 Å². The molecule has 2 rings (SSSR count). The molecule has 114 valence electrons. The van der Waals surface area contributed by atoms with Crippen molar-refractivity contribution in [1.82, 2.24) is 4.90 Å². The molecule has 1 unspecified atom stereocenters. The number of carbonyl (C=O) groups is 2. The molecular formula is C16H21NO3S. The van der Waals surface area contributed by atoms with E-state index in [1.54, 1.807) is 11.8 Å². The highest BCUT2D eigenvalue weighted by molar-refractivity contribution is 7.99. The standard InChI is InChI=1S/C16H21NO3S/c1-11-5-6-12(2)14(10-11)21-9-7-15(18)17-8-3-4-13(17)16(19)20/h5-6,10,13H,3-4,7-9H2,1-2H3,(H,19,20). The van der Waals surface area contributed by atoms with Crippen molar-refractivity contribution < 1.29 is 14.7 Å². The second-order valence-electron chi connectivity index (χ2n) is 5.45. The molecule has 1 aromatic rings. The highest BCUT2D eigenvalue weighted by Crippen LogP contribution is 2.25. The maximum absolute atomic E-state index is 12.2. The molecule has 1 N–H and O–H groups in total. The van der Waals surface area contributed by atoms with Gasteiger partial charge in [0, 0.05) is 23.6 Å². The van der Waals surface area contributed by atoms with E-state index in [0.29, 0.717) is 25.1 Å². The number of hydrogen-bond donors (Lipinski definition) is 1. The summed E-state index contributed by atoms with van der Waals surface area (Å²) in [6.45, 7) is 4.69. The van der Waals surface area contributed by atoms with Crippen LogP contribution in [0.5, 0.6) is 0 Å². The average Bonchev–Trinajstić information content (AvgIpc) is 2.92. The molecular weight excluding hydrogens is 286 g/mol. The monoisotopic (exact) mass is 307 g/mol. The van der Waals surface area contributed by atoms with Gasteiger partial charge in [0.15, 0.2) is 0 Å². The molecule has 1 fully saturated rings. The summed E-state index contributed by atoms with van der Waals surface area (Å²) in [5.41, 5.74) is 2.42. The van der Waals surface area contributed by atoms with Gasteiger partial charge in [0.05, 0.1) is 0 Å². The Morgan fingerprint density at radius 2 is 2.14 bits per heavy atom. The van der Waals surface area contributed by atoms with Crippen molar-refractivity contribution in [3.8, 4) is 0 Å². The van der Waals surface area contributed by atoms with E-state index in [0.717, 1.165) is 6.42 Å². The summed E-state index contributed by atoms with van der Waals surface area (Å²) >= 11 is 1.66. The Hall–Kier alpha value is -1.49. The van der Waals surface area contributed by atoms with Crippen molar-refractivity contribution >= 4 is 23.6 Å². The number of aliphatic carboxylic acids is 1. The van der Waals surface area contributed by atoms with Gasteiger partial charge >= 0.3 is 5.97 Å². The average molecular weight is 307 g/mol. The summed E-state index contributed by atoms with van der Waals surface area (Å²) < 4.78 is 0. The molecule has 5 heteroatoms. The van der Waals surface area contributed by atoms with Gasteiger partial charge in [-0.2, -0.15) is 0 Å². The van der Waals surface area contributed by atoms with Crippen LogP contribution in [-0.2, 0) is 9.59 Å². The molecule has 4 nitrogen and oxygen atoms in total. The zero-order chi connectivity index (χ0) is 15.4. The minimum atomic E-state index is -0.886. The minimum Gasteiger partial charge on any atom is -0.480 e. The molecule has 0 aromatic heterocycles. The molecule has 21 heavy (non-hydrogen) atoms. The van der Waals surface area contributed by atoms with Crippen molar-refractivity contribution in [2.45, 2.75) is 44.0 Å². The zero-order valence-electron chi connectivity index (χ0n) is 12.5. The van der Waals surface area contributed by atoms with Crippen LogP contribution in [0.15, 0.2) is 23.1 Å². The number of aryl methyl sites for hydroxylation is 2. The first kappa shape index (κ1) is 15.9. The molecule has 0 bridgehead atoms. The largest absolute Gasteiger partial charge is 0.480 e. The van der Waals surface area contributed by atoms with E-state index in [9.17, 15) is 9.59 Å². The minimum absolute atomic E-state index is 0.0438. The second-order valence-corrected chi connectivity index (χ2v) is 6.59. The lowest BCUT2D eigenvalue weighted by Crippen LogP contribution is -2.40. The van der Waals surface area contributed by atoms with Crippen molar-refractivity contribution in [2.75, 3.05) is 12.3 Å². The van der Waals surface area contributed by atoms with Crippen LogP contribution in [-0.4, -0.2) is 40.2 Å². The molecule has 1 aromatic carbocycles. The van der Waals surface area contributed by atoms with E-state index in [-0.39, 0.29) is 5.91 Å². The van der Waals surface area contributed by atoms with Crippen LogP contribution in [0, 0.1) is 13.8 Å². The topological polar surface area (TPSA) is 57.6 Å². The number of carboxylic acids is 1. The highest BCUT2D eigenvalue weighted by atomic mass is 32.2. The van der Waals surface area contributed by atoms with Gasteiger partial charge in [0.25, 0.3) is 0 Å². The normalized spacial score (nSPS) is 18.0. The maximum atomic E-state index is 12.2. The summed E-state index contributed by atoms with van der Waals surface area (Å²) in [4.78, 5) is 26.0. The van der Waals surface area contributed by atoms with E-state index < -0.39 is 12.0 Å². The quantitative estimate of drug-likeness (QED) is 0.850. The van der Waals surface area contributed by atoms with Crippen LogP contribution in [0.3, 0.4) is 0 Å². The van der Waals surface area contributed by atoms with Crippen molar-refractivity contribution in [3.05, 3.63) is 29.3 Å². The van der Waals surface area contributed by atoms with Crippen LogP contribution in [0.2, 0.25) is 0 Å². The van der Waals surface area contributed by atoms with E-state index in [4.69, 9.17) is 5.11 Å². The summed E-state index contributed by atoms with van der Waals surface area (Å²) in [6, 6.07) is 5.66. The summed E-state index contributed by atoms with van der Waals surface area (Å²) in [5.74, 6) is -0.243. The van der Waals surface area contributed by atoms with Crippen LogP contribution in [0.4, 0.5) is 0 Å². The molecule has 1 aliphatic rings. The number of nitrogens with zero attached hydrogens (tertiary/aromatic N) is 1. The molecule has 0 radical (unpaired) electrons. The molecule has 1 heterocycles. The van der Waals surface area contributed by atoms with Gasteiger partial charge in [-0.1, -0.05) is 17.7 Å². The number of thioether (sulfide) groups is 1. The molecule has 1 saturated heterocycles. The number of benzene rings is 1. The maximum Gasteiger partial charge on any atom is 0.326 e. The smallest absolute Gasteiger partial charge is 0.326 e. The highest BCUT2D eigenvalue weighted by Gasteiger charge is 2.33. The number of likely N-dealkylation sites (tertiary alicyclic amines) is 1.